The van der Waals surface area contributed by atoms with Gasteiger partial charge in [-0.25, -0.2) is 0 Å². The molecule has 0 saturated heterocycles. The Kier molecular flexibility index (Phi) is 9.83. The lowest BCUT2D eigenvalue weighted by Gasteiger charge is -2.28. The predicted octanol–water partition coefficient (Wildman–Crippen LogP) is 2.53. The van der Waals surface area contributed by atoms with Crippen LogP contribution in [-0.4, -0.2) is 50.1 Å². The average molecular weight is 303 g/mol. The summed E-state index contributed by atoms with van der Waals surface area (Å²) in [5.74, 6) is -0.192. The van der Waals surface area contributed by atoms with E-state index in [1.54, 1.807) is 0 Å². The molecule has 0 aromatic carbocycles. The van der Waals surface area contributed by atoms with E-state index >= 15 is 0 Å². The van der Waals surface area contributed by atoms with Crippen molar-refractivity contribution in [2.24, 2.45) is 0 Å². The molecule has 1 atom stereocenters. The Bertz CT molecular complexity index is 288. The molecule has 5 nitrogen and oxygen atoms in total. The summed E-state index contributed by atoms with van der Waals surface area (Å²) in [5, 5.41) is 3.21. The van der Waals surface area contributed by atoms with Crippen LogP contribution in [-0.2, 0) is 19.0 Å². The van der Waals surface area contributed by atoms with Crippen LogP contribution >= 0.6 is 0 Å². The highest BCUT2D eigenvalue weighted by Crippen LogP contribution is 2.15. The number of carbonyl (C=O) groups is 1. The van der Waals surface area contributed by atoms with Crippen LogP contribution in [0.2, 0.25) is 0 Å². The van der Waals surface area contributed by atoms with Gasteiger partial charge in [-0.15, -0.1) is 0 Å². The van der Waals surface area contributed by atoms with Crippen LogP contribution < -0.4 is 5.32 Å². The summed E-state index contributed by atoms with van der Waals surface area (Å²) in [5.41, 5.74) is -0.757. The molecule has 0 aliphatic heterocycles. The summed E-state index contributed by atoms with van der Waals surface area (Å²) >= 11 is 0. The van der Waals surface area contributed by atoms with Gasteiger partial charge in [-0.2, -0.15) is 0 Å². The topological polar surface area (TPSA) is 56.8 Å². The maximum Gasteiger partial charge on any atom is 0.326 e. The number of rotatable bonds is 11. The molecule has 1 unspecified atom stereocenters. The van der Waals surface area contributed by atoms with Crippen molar-refractivity contribution in [3.05, 3.63) is 0 Å². The molecule has 0 saturated carbocycles. The van der Waals surface area contributed by atoms with Crippen LogP contribution in [0.1, 0.15) is 54.4 Å². The summed E-state index contributed by atoms with van der Waals surface area (Å²) < 4.78 is 16.2. The molecule has 0 aromatic rings. The van der Waals surface area contributed by atoms with Crippen molar-refractivity contribution in [2.75, 3.05) is 33.0 Å². The van der Waals surface area contributed by atoms with E-state index in [0.29, 0.717) is 32.8 Å². The minimum atomic E-state index is -0.629. The average Bonchev–Trinajstić information content (AvgIpc) is 2.37. The number of carbonyl (C=O) groups excluding carboxylic acids is 1. The van der Waals surface area contributed by atoms with Gasteiger partial charge in [-0.05, 0) is 54.0 Å². The molecule has 0 amide bonds. The zero-order valence-corrected chi connectivity index (χ0v) is 14.6. The Balaban J connectivity index is 3.91. The van der Waals surface area contributed by atoms with Crippen molar-refractivity contribution in [1.82, 2.24) is 5.32 Å². The number of nitrogens with one attached hydrogen (secondary N) is 1. The Morgan fingerprint density at radius 3 is 2.24 bits per heavy atom. The minimum absolute atomic E-state index is 0.128. The van der Waals surface area contributed by atoms with Crippen LogP contribution in [0, 0.1) is 0 Å². The molecule has 0 aliphatic carbocycles. The van der Waals surface area contributed by atoms with Gasteiger partial charge in [0.25, 0.3) is 0 Å². The van der Waals surface area contributed by atoms with Gasteiger partial charge in [-0.1, -0.05) is 6.92 Å². The summed E-state index contributed by atoms with van der Waals surface area (Å²) in [6, 6.07) is 0. The third kappa shape index (κ3) is 9.82. The molecule has 0 aromatic heterocycles. The lowest BCUT2D eigenvalue weighted by Crippen LogP contribution is -2.50. The third-order valence-electron chi connectivity index (χ3n) is 3.02. The number of likely N-dealkylation sites (N-methyl/N-ethyl adjacent to an activating group) is 1. The first kappa shape index (κ1) is 20.3. The van der Waals surface area contributed by atoms with Crippen molar-refractivity contribution in [3.8, 4) is 0 Å². The molecule has 0 radical (unpaired) electrons. The lowest BCUT2D eigenvalue weighted by atomic mass is 9.96. The molecule has 0 bridgehead atoms. The highest BCUT2D eigenvalue weighted by Gasteiger charge is 2.33. The van der Waals surface area contributed by atoms with E-state index in [4.69, 9.17) is 14.2 Å². The Hall–Kier alpha value is -0.650. The quantitative estimate of drug-likeness (QED) is 0.469. The fraction of sp³-hybridized carbons (Fsp3) is 0.938. The second-order valence-electron chi connectivity index (χ2n) is 6.26. The first-order valence-corrected chi connectivity index (χ1v) is 7.89. The summed E-state index contributed by atoms with van der Waals surface area (Å²) in [6.07, 6.45) is 1.50. The van der Waals surface area contributed by atoms with E-state index in [1.165, 1.54) is 0 Å². The van der Waals surface area contributed by atoms with E-state index in [1.807, 2.05) is 41.5 Å². The lowest BCUT2D eigenvalue weighted by molar-refractivity contribution is -0.151. The molecule has 0 fully saturated rings. The third-order valence-corrected chi connectivity index (χ3v) is 3.02. The molecule has 126 valence electrons. The van der Waals surface area contributed by atoms with Gasteiger partial charge in [0.15, 0.2) is 0 Å². The van der Waals surface area contributed by atoms with Crippen LogP contribution in [0.3, 0.4) is 0 Å². The highest BCUT2D eigenvalue weighted by atomic mass is 16.5. The Labute approximate surface area is 129 Å². The maximum atomic E-state index is 12.0. The van der Waals surface area contributed by atoms with Gasteiger partial charge in [-0.3, -0.25) is 4.79 Å². The smallest absolute Gasteiger partial charge is 0.326 e. The summed E-state index contributed by atoms with van der Waals surface area (Å²) in [7, 11) is 0. The fourth-order valence-electron chi connectivity index (χ4n) is 1.98. The van der Waals surface area contributed by atoms with Gasteiger partial charge < -0.3 is 19.5 Å². The Morgan fingerprint density at radius 1 is 1.05 bits per heavy atom. The molecule has 0 heterocycles. The molecular formula is C16H33NO4. The zero-order chi connectivity index (χ0) is 16.4. The highest BCUT2D eigenvalue weighted by molar-refractivity contribution is 5.80. The molecule has 21 heavy (non-hydrogen) atoms. The molecule has 5 heteroatoms. The number of esters is 1. The second-order valence-corrected chi connectivity index (χ2v) is 6.26. The monoisotopic (exact) mass is 303 g/mol. The van der Waals surface area contributed by atoms with Gasteiger partial charge in [0.1, 0.15) is 5.54 Å². The largest absolute Gasteiger partial charge is 0.465 e. The van der Waals surface area contributed by atoms with Crippen molar-refractivity contribution in [2.45, 2.75) is 65.5 Å². The van der Waals surface area contributed by atoms with E-state index in [2.05, 4.69) is 5.32 Å². The van der Waals surface area contributed by atoms with Crippen molar-refractivity contribution >= 4 is 5.97 Å². The standard InChI is InChI=1S/C16H33NO4/c1-7-17-16(6,14(18)20-8-2)10-9-11-19-12-13-21-15(3,4)5/h17H,7-13H2,1-6H3. The number of ether oxygens (including phenoxy) is 3. The molecular weight excluding hydrogens is 270 g/mol. The first-order valence-electron chi connectivity index (χ1n) is 7.89. The maximum absolute atomic E-state index is 12.0. The molecule has 0 rings (SSSR count). The Morgan fingerprint density at radius 2 is 1.71 bits per heavy atom. The normalized spacial score (nSPS) is 14.8. The van der Waals surface area contributed by atoms with Gasteiger partial charge in [0.2, 0.25) is 0 Å². The van der Waals surface area contributed by atoms with E-state index in [-0.39, 0.29) is 11.6 Å². The predicted molar refractivity (Wildman–Crippen MR) is 84.5 cm³/mol. The molecule has 0 aliphatic rings. The zero-order valence-electron chi connectivity index (χ0n) is 14.6. The van der Waals surface area contributed by atoms with Crippen LogP contribution in [0.25, 0.3) is 0 Å². The van der Waals surface area contributed by atoms with Gasteiger partial charge >= 0.3 is 5.97 Å². The SMILES string of the molecule is CCNC(C)(CCCOCCOC(C)(C)C)C(=O)OCC. The minimum Gasteiger partial charge on any atom is -0.465 e. The second kappa shape index (κ2) is 10.1. The van der Waals surface area contributed by atoms with Crippen LogP contribution in [0.5, 0.6) is 0 Å². The van der Waals surface area contributed by atoms with Crippen molar-refractivity contribution in [3.63, 3.8) is 0 Å². The molecule has 1 N–H and O–H groups in total. The fourth-order valence-corrected chi connectivity index (χ4v) is 1.98. The number of hydrogen-bond donors (Lipinski definition) is 1. The van der Waals surface area contributed by atoms with Gasteiger partial charge in [0, 0.05) is 6.61 Å². The molecule has 0 spiro atoms. The van der Waals surface area contributed by atoms with Crippen molar-refractivity contribution in [1.29, 1.82) is 0 Å². The van der Waals surface area contributed by atoms with Crippen LogP contribution in [0.4, 0.5) is 0 Å². The summed E-state index contributed by atoms with van der Waals surface area (Å²) in [4.78, 5) is 12.0. The van der Waals surface area contributed by atoms with E-state index < -0.39 is 5.54 Å². The summed E-state index contributed by atoms with van der Waals surface area (Å²) in [6.45, 7) is 14.7. The van der Waals surface area contributed by atoms with Gasteiger partial charge in [0.05, 0.1) is 25.4 Å². The van der Waals surface area contributed by atoms with Crippen molar-refractivity contribution < 1.29 is 19.0 Å². The first-order chi connectivity index (χ1) is 9.75. The van der Waals surface area contributed by atoms with E-state index in [0.717, 1.165) is 13.0 Å². The van der Waals surface area contributed by atoms with Crippen LogP contribution in [0.15, 0.2) is 0 Å². The number of hydrogen-bond acceptors (Lipinski definition) is 5. The van der Waals surface area contributed by atoms with E-state index in [9.17, 15) is 4.79 Å².